The fraction of sp³-hybridized carbons (Fsp3) is 0.325. The first-order valence-electron chi connectivity index (χ1n) is 18.2. The van der Waals surface area contributed by atoms with Crippen molar-refractivity contribution in [1.29, 1.82) is 0 Å². The molecule has 1 fully saturated rings. The molecule has 10 nitrogen and oxygen atoms in total. The van der Waals surface area contributed by atoms with Crippen LogP contribution < -0.4 is 4.31 Å². The van der Waals surface area contributed by atoms with E-state index in [1.165, 1.54) is 38.3 Å². The first-order chi connectivity index (χ1) is 25.9. The molecule has 1 N–H and O–H groups in total. The van der Waals surface area contributed by atoms with Crippen LogP contribution in [0.15, 0.2) is 97.1 Å². The number of aromatic nitrogens is 4. The lowest BCUT2D eigenvalue weighted by Gasteiger charge is -2.23. The molecule has 0 saturated heterocycles. The monoisotopic (exact) mass is 802 g/mol. The molecular weight excluding hydrogens is 760 g/mol. The van der Waals surface area contributed by atoms with Gasteiger partial charge in [0.15, 0.2) is 0 Å². The highest BCUT2D eigenvalue weighted by molar-refractivity contribution is 7.91. The lowest BCUT2D eigenvalue weighted by Crippen LogP contribution is -2.36. The highest BCUT2D eigenvalue weighted by Gasteiger charge is 2.38. The summed E-state index contributed by atoms with van der Waals surface area (Å²) in [5.41, 5.74) is 6.26. The summed E-state index contributed by atoms with van der Waals surface area (Å²) in [6.07, 6.45) is 9.71. The Kier molecular flexibility index (Phi) is 11.2. The second-order valence-corrected chi connectivity index (χ2v) is 23.3. The van der Waals surface area contributed by atoms with Gasteiger partial charge in [-0.05, 0) is 73.0 Å². The molecule has 2 aromatic heterocycles. The zero-order chi connectivity index (χ0) is 38.0. The third kappa shape index (κ3) is 8.53. The number of rotatable bonds is 12. The van der Waals surface area contributed by atoms with Gasteiger partial charge in [-0.3, -0.25) is 0 Å². The number of nitrogens with zero attached hydrogens (tertiary/aromatic N) is 6. The molecule has 0 amide bonds. The average molecular weight is 804 g/mol. The van der Waals surface area contributed by atoms with Crippen molar-refractivity contribution in [3.63, 3.8) is 0 Å². The summed E-state index contributed by atoms with van der Waals surface area (Å²) in [6, 6.07) is 25.6. The van der Waals surface area contributed by atoms with E-state index < -0.39 is 24.2 Å². The molecule has 14 heteroatoms. The Bertz CT molecular complexity index is 2250. The predicted molar refractivity (Wildman–Crippen MR) is 218 cm³/mol. The number of benzene rings is 3. The maximum absolute atomic E-state index is 13.6. The smallest absolute Gasteiger partial charge is 0.334 e. The van der Waals surface area contributed by atoms with Crippen LogP contribution in [0.1, 0.15) is 55.1 Å². The molecule has 0 unspecified atom stereocenters. The van der Waals surface area contributed by atoms with Gasteiger partial charge in [0.25, 0.3) is 0 Å². The van der Waals surface area contributed by atoms with E-state index in [1.54, 1.807) is 30.3 Å². The number of imidazole rings is 1. The Hall–Kier alpha value is -4.20. The van der Waals surface area contributed by atoms with Crippen LogP contribution in [0, 0.1) is 0 Å². The minimum absolute atomic E-state index is 0.278. The minimum Gasteiger partial charge on any atom is -0.493 e. The van der Waals surface area contributed by atoms with Crippen LogP contribution in [0.5, 0.6) is 0 Å². The van der Waals surface area contributed by atoms with Crippen molar-refractivity contribution in [2.75, 3.05) is 17.6 Å². The van der Waals surface area contributed by atoms with Crippen LogP contribution in [0.3, 0.4) is 0 Å². The molecule has 3 heterocycles. The molecule has 0 radical (unpaired) electrons. The Labute approximate surface area is 328 Å². The molecule has 0 spiro atoms. The predicted octanol–water partition coefficient (Wildman–Crippen LogP) is 9.98. The zero-order valence-electron chi connectivity index (χ0n) is 30.6. The van der Waals surface area contributed by atoms with Gasteiger partial charge in [-0.25, -0.2) is 9.29 Å². The average Bonchev–Trinajstić information content (AvgIpc) is 3.66. The van der Waals surface area contributed by atoms with Crippen LogP contribution in [-0.2, 0) is 21.4 Å². The first kappa shape index (κ1) is 38.1. The van der Waals surface area contributed by atoms with Crippen molar-refractivity contribution in [3.05, 3.63) is 124 Å². The minimum atomic E-state index is -4.14. The van der Waals surface area contributed by atoms with E-state index in [4.69, 9.17) is 32.9 Å². The maximum Gasteiger partial charge on any atom is 0.334 e. The third-order valence-electron chi connectivity index (χ3n) is 9.89. The van der Waals surface area contributed by atoms with E-state index in [9.17, 15) is 13.5 Å². The SMILES string of the molecule is C[Si](C)(C)CCOCN1C(O)=CN(c2cccc(-n3cc(-c4ccc(Cl)cc4Cl)nc3Cc3ccc(-c4ccc(C5CCCCC5)nn4)cc3)c2)S1(=O)=O. The molecule has 1 aliphatic heterocycles. The summed E-state index contributed by atoms with van der Waals surface area (Å²) in [5.74, 6) is 0.797. The van der Waals surface area contributed by atoms with Crippen LogP contribution >= 0.6 is 23.2 Å². The molecule has 1 aliphatic carbocycles. The van der Waals surface area contributed by atoms with Gasteiger partial charge in [0.1, 0.15) is 12.6 Å². The summed E-state index contributed by atoms with van der Waals surface area (Å²) in [7, 11) is -5.52. The first-order valence-corrected chi connectivity index (χ1v) is 24.1. The summed E-state index contributed by atoms with van der Waals surface area (Å²) in [5, 5.41) is 20.8. The number of ether oxygens (including phenoxy) is 1. The van der Waals surface area contributed by atoms with E-state index in [0.717, 1.165) is 37.2 Å². The number of aliphatic hydroxyl groups excluding tert-OH is 1. The summed E-state index contributed by atoms with van der Waals surface area (Å²) in [4.78, 5) is 5.02. The molecule has 3 aromatic carbocycles. The van der Waals surface area contributed by atoms with Crippen molar-refractivity contribution in [2.24, 2.45) is 0 Å². The quantitative estimate of drug-likeness (QED) is 0.0987. The largest absolute Gasteiger partial charge is 0.493 e. The molecular formula is C40H44Cl2N6O4SSi. The summed E-state index contributed by atoms with van der Waals surface area (Å²) in [6.45, 7) is 6.79. The zero-order valence-corrected chi connectivity index (χ0v) is 33.9. The number of aliphatic hydroxyl groups is 1. The van der Waals surface area contributed by atoms with Gasteiger partial charge < -0.3 is 14.4 Å². The second-order valence-electron chi connectivity index (χ2n) is 15.1. The molecule has 0 atom stereocenters. The number of hydrogen-bond donors (Lipinski definition) is 1. The van der Waals surface area contributed by atoms with Crippen LogP contribution in [0.4, 0.5) is 5.69 Å². The van der Waals surface area contributed by atoms with Gasteiger partial charge in [-0.15, -0.1) is 0 Å². The molecule has 54 heavy (non-hydrogen) atoms. The molecule has 0 bridgehead atoms. The lowest BCUT2D eigenvalue weighted by atomic mass is 9.87. The van der Waals surface area contributed by atoms with E-state index in [2.05, 4.69) is 54.1 Å². The molecule has 282 valence electrons. The van der Waals surface area contributed by atoms with E-state index in [-0.39, 0.29) is 6.73 Å². The fourth-order valence-electron chi connectivity index (χ4n) is 6.79. The number of hydrogen-bond acceptors (Lipinski definition) is 7. The van der Waals surface area contributed by atoms with Gasteiger partial charge in [0, 0.05) is 55.1 Å². The molecule has 1 saturated carbocycles. The van der Waals surface area contributed by atoms with Crippen LogP contribution in [0.25, 0.3) is 28.2 Å². The Balaban J connectivity index is 1.16. The Morgan fingerprint density at radius 2 is 1.65 bits per heavy atom. The van der Waals surface area contributed by atoms with E-state index >= 15 is 0 Å². The van der Waals surface area contributed by atoms with Crippen molar-refractivity contribution in [1.82, 2.24) is 24.1 Å². The van der Waals surface area contributed by atoms with Gasteiger partial charge in [-0.2, -0.15) is 22.9 Å². The van der Waals surface area contributed by atoms with Gasteiger partial charge in [0.2, 0.25) is 5.88 Å². The topological polar surface area (TPSA) is 114 Å². The van der Waals surface area contributed by atoms with Gasteiger partial charge >= 0.3 is 10.2 Å². The van der Waals surface area contributed by atoms with E-state index in [0.29, 0.717) is 57.4 Å². The highest BCUT2D eigenvalue weighted by atomic mass is 35.5. The lowest BCUT2D eigenvalue weighted by molar-refractivity contribution is 0.0747. The van der Waals surface area contributed by atoms with Gasteiger partial charge in [0.05, 0.1) is 34.0 Å². The van der Waals surface area contributed by atoms with Crippen molar-refractivity contribution in [3.8, 4) is 28.2 Å². The normalized spacial score (nSPS) is 16.2. The Morgan fingerprint density at radius 1 is 0.889 bits per heavy atom. The van der Waals surface area contributed by atoms with Crippen molar-refractivity contribution < 1.29 is 18.3 Å². The van der Waals surface area contributed by atoms with Gasteiger partial charge in [-0.1, -0.05) is 92.4 Å². The Morgan fingerprint density at radius 3 is 2.35 bits per heavy atom. The molecule has 5 aromatic rings. The van der Waals surface area contributed by atoms with Crippen molar-refractivity contribution in [2.45, 2.75) is 70.1 Å². The summed E-state index contributed by atoms with van der Waals surface area (Å²) < 4.78 is 36.8. The second kappa shape index (κ2) is 15.9. The van der Waals surface area contributed by atoms with Crippen molar-refractivity contribution >= 4 is 47.2 Å². The fourth-order valence-corrected chi connectivity index (χ4v) is 9.36. The highest BCUT2D eigenvalue weighted by Crippen LogP contribution is 2.35. The standard InChI is InChI=1S/C40H44Cl2N6O4SSi/c1-54(2,3)21-20-52-27-48-40(49)26-47(53(48,50)51)33-11-7-10-32(24-33)46-25-38(34-17-16-31(41)23-35(34)42)43-39(46)22-28-12-14-30(15-13-28)37-19-18-36(44-45-37)29-8-5-4-6-9-29/h7,10-19,23-26,29,49H,4-6,8-9,20-22,27H2,1-3H3. The summed E-state index contributed by atoms with van der Waals surface area (Å²) >= 11 is 12.9. The maximum atomic E-state index is 13.6. The van der Waals surface area contributed by atoms with Crippen LogP contribution in [0.2, 0.25) is 35.7 Å². The van der Waals surface area contributed by atoms with Crippen LogP contribution in [-0.4, -0.2) is 59.0 Å². The molecule has 2 aliphatic rings. The van der Waals surface area contributed by atoms with E-state index in [1.807, 2.05) is 35.0 Å². The third-order valence-corrected chi connectivity index (χ3v) is 13.8. The molecule has 7 rings (SSSR count). The number of halogens is 2. The number of anilines is 1.